The van der Waals surface area contributed by atoms with Gasteiger partial charge in [-0.3, -0.25) is 0 Å². The summed E-state index contributed by atoms with van der Waals surface area (Å²) in [6, 6.07) is 14.7. The normalized spacial score (nSPS) is 10.7. The van der Waals surface area contributed by atoms with Crippen LogP contribution in [0.25, 0.3) is 0 Å². The number of nitrogens with one attached hydrogen (secondary N) is 1. The van der Waals surface area contributed by atoms with Crippen LogP contribution in [0.4, 0.5) is 0 Å². The van der Waals surface area contributed by atoms with Crippen LogP contribution in [0.1, 0.15) is 22.3 Å². The standard InChI is InChI=1S/C17H20ClN/c1-13-7-8-16(17(18)11-13)12-19-10-9-15-6-4-3-5-14(15)2/h3-8,11,19H,9-10,12H2,1-2H3. The van der Waals surface area contributed by atoms with Crippen LogP contribution in [0.3, 0.4) is 0 Å². The first-order chi connectivity index (χ1) is 9.16. The fraction of sp³-hybridized carbons (Fsp3) is 0.294. The summed E-state index contributed by atoms with van der Waals surface area (Å²) < 4.78 is 0. The highest BCUT2D eigenvalue weighted by atomic mass is 35.5. The van der Waals surface area contributed by atoms with E-state index in [2.05, 4.69) is 55.6 Å². The van der Waals surface area contributed by atoms with Crippen molar-refractivity contribution < 1.29 is 0 Å². The van der Waals surface area contributed by atoms with Crippen molar-refractivity contribution in [3.63, 3.8) is 0 Å². The molecule has 0 saturated heterocycles. The maximum atomic E-state index is 6.21. The van der Waals surface area contributed by atoms with E-state index >= 15 is 0 Å². The minimum Gasteiger partial charge on any atom is -0.312 e. The lowest BCUT2D eigenvalue weighted by atomic mass is 10.1. The summed E-state index contributed by atoms with van der Waals surface area (Å²) in [7, 11) is 0. The van der Waals surface area contributed by atoms with Crippen molar-refractivity contribution in [2.24, 2.45) is 0 Å². The molecule has 0 atom stereocenters. The number of rotatable bonds is 5. The molecule has 2 rings (SSSR count). The van der Waals surface area contributed by atoms with E-state index in [0.717, 1.165) is 30.1 Å². The molecule has 0 unspecified atom stereocenters. The molecule has 0 radical (unpaired) electrons. The minimum atomic E-state index is 0.824. The van der Waals surface area contributed by atoms with Crippen LogP contribution >= 0.6 is 11.6 Å². The van der Waals surface area contributed by atoms with Crippen molar-refractivity contribution in [1.82, 2.24) is 5.32 Å². The van der Waals surface area contributed by atoms with Crippen molar-refractivity contribution >= 4 is 11.6 Å². The summed E-state index contributed by atoms with van der Waals surface area (Å²) in [6.45, 7) is 6.01. The average Bonchev–Trinajstić information content (AvgIpc) is 2.38. The van der Waals surface area contributed by atoms with E-state index in [1.54, 1.807) is 0 Å². The molecule has 0 amide bonds. The van der Waals surface area contributed by atoms with Gasteiger partial charge < -0.3 is 5.32 Å². The lowest BCUT2D eigenvalue weighted by Gasteiger charge is -2.09. The highest BCUT2D eigenvalue weighted by Gasteiger charge is 2.01. The van der Waals surface area contributed by atoms with Crippen LogP contribution in [-0.4, -0.2) is 6.54 Å². The number of aryl methyl sites for hydroxylation is 2. The molecule has 0 heterocycles. The highest BCUT2D eigenvalue weighted by Crippen LogP contribution is 2.17. The Morgan fingerprint density at radius 3 is 2.53 bits per heavy atom. The number of benzene rings is 2. The molecule has 0 aliphatic rings. The second-order valence-electron chi connectivity index (χ2n) is 4.95. The van der Waals surface area contributed by atoms with E-state index in [4.69, 9.17) is 11.6 Å². The molecule has 0 aromatic heterocycles. The quantitative estimate of drug-likeness (QED) is 0.802. The second kappa shape index (κ2) is 6.74. The molecule has 0 spiro atoms. The molecule has 19 heavy (non-hydrogen) atoms. The molecule has 2 aromatic carbocycles. The van der Waals surface area contributed by atoms with Crippen LogP contribution in [0, 0.1) is 13.8 Å². The van der Waals surface area contributed by atoms with Gasteiger partial charge in [0.25, 0.3) is 0 Å². The average molecular weight is 274 g/mol. The third-order valence-electron chi connectivity index (χ3n) is 3.36. The van der Waals surface area contributed by atoms with Crippen molar-refractivity contribution in [2.45, 2.75) is 26.8 Å². The highest BCUT2D eigenvalue weighted by molar-refractivity contribution is 6.31. The van der Waals surface area contributed by atoms with Crippen LogP contribution in [0.5, 0.6) is 0 Å². The van der Waals surface area contributed by atoms with Gasteiger partial charge in [-0.05, 0) is 55.1 Å². The van der Waals surface area contributed by atoms with Crippen molar-refractivity contribution in [1.29, 1.82) is 0 Å². The predicted octanol–water partition coefficient (Wildman–Crippen LogP) is 4.29. The largest absolute Gasteiger partial charge is 0.312 e. The number of halogens is 1. The summed E-state index contributed by atoms with van der Waals surface area (Å²) in [4.78, 5) is 0. The van der Waals surface area contributed by atoms with Crippen molar-refractivity contribution in [3.05, 3.63) is 69.7 Å². The first-order valence-electron chi connectivity index (χ1n) is 6.67. The molecule has 1 N–H and O–H groups in total. The van der Waals surface area contributed by atoms with E-state index in [1.165, 1.54) is 16.7 Å². The minimum absolute atomic E-state index is 0.824. The van der Waals surface area contributed by atoms with Gasteiger partial charge in [0.05, 0.1) is 0 Å². The van der Waals surface area contributed by atoms with Gasteiger partial charge in [0, 0.05) is 11.6 Å². The van der Waals surface area contributed by atoms with Crippen LogP contribution in [0.15, 0.2) is 42.5 Å². The van der Waals surface area contributed by atoms with Gasteiger partial charge in [-0.25, -0.2) is 0 Å². The molecule has 2 aromatic rings. The number of hydrogen-bond acceptors (Lipinski definition) is 1. The van der Waals surface area contributed by atoms with Gasteiger partial charge in [0.2, 0.25) is 0 Å². The first kappa shape index (κ1) is 14.1. The van der Waals surface area contributed by atoms with E-state index in [-0.39, 0.29) is 0 Å². The van der Waals surface area contributed by atoms with Gasteiger partial charge in [0.1, 0.15) is 0 Å². The Bertz CT molecular complexity index is 549. The van der Waals surface area contributed by atoms with E-state index in [0.29, 0.717) is 0 Å². The van der Waals surface area contributed by atoms with Gasteiger partial charge in [-0.1, -0.05) is 48.0 Å². The van der Waals surface area contributed by atoms with E-state index < -0.39 is 0 Å². The van der Waals surface area contributed by atoms with Crippen molar-refractivity contribution in [2.75, 3.05) is 6.54 Å². The summed E-state index contributed by atoms with van der Waals surface area (Å²) in [5.41, 5.74) is 5.13. The zero-order valence-corrected chi connectivity index (χ0v) is 12.3. The van der Waals surface area contributed by atoms with Gasteiger partial charge in [0.15, 0.2) is 0 Å². The SMILES string of the molecule is Cc1ccc(CNCCc2ccccc2C)c(Cl)c1. The third kappa shape index (κ3) is 4.09. The smallest absolute Gasteiger partial charge is 0.0453 e. The first-order valence-corrected chi connectivity index (χ1v) is 7.05. The van der Waals surface area contributed by atoms with Crippen LogP contribution in [0.2, 0.25) is 5.02 Å². The topological polar surface area (TPSA) is 12.0 Å². The summed E-state index contributed by atoms with van der Waals surface area (Å²) in [6.07, 6.45) is 1.05. The molecule has 0 fully saturated rings. The van der Waals surface area contributed by atoms with E-state index in [1.807, 2.05) is 6.07 Å². The molecule has 0 aliphatic heterocycles. The molecular formula is C17H20ClN. The Morgan fingerprint density at radius 1 is 1.00 bits per heavy atom. The Morgan fingerprint density at radius 2 is 1.79 bits per heavy atom. The van der Waals surface area contributed by atoms with Crippen LogP contribution < -0.4 is 5.32 Å². The zero-order valence-electron chi connectivity index (χ0n) is 11.5. The summed E-state index contributed by atoms with van der Waals surface area (Å²) >= 11 is 6.21. The molecule has 100 valence electrons. The van der Waals surface area contributed by atoms with E-state index in [9.17, 15) is 0 Å². The molecule has 1 nitrogen and oxygen atoms in total. The Hall–Kier alpha value is -1.31. The van der Waals surface area contributed by atoms with Gasteiger partial charge >= 0.3 is 0 Å². The fourth-order valence-corrected chi connectivity index (χ4v) is 2.43. The third-order valence-corrected chi connectivity index (χ3v) is 3.71. The maximum Gasteiger partial charge on any atom is 0.0453 e. The fourth-order valence-electron chi connectivity index (χ4n) is 2.13. The lowest BCUT2D eigenvalue weighted by molar-refractivity contribution is 0.685. The van der Waals surface area contributed by atoms with Gasteiger partial charge in [-0.15, -0.1) is 0 Å². The predicted molar refractivity (Wildman–Crippen MR) is 82.8 cm³/mol. The molecule has 0 bridgehead atoms. The van der Waals surface area contributed by atoms with Crippen molar-refractivity contribution in [3.8, 4) is 0 Å². The summed E-state index contributed by atoms with van der Waals surface area (Å²) in [5, 5.41) is 4.30. The van der Waals surface area contributed by atoms with Gasteiger partial charge in [-0.2, -0.15) is 0 Å². The van der Waals surface area contributed by atoms with Crippen LogP contribution in [-0.2, 0) is 13.0 Å². The molecular weight excluding hydrogens is 254 g/mol. The Balaban J connectivity index is 1.83. The zero-order chi connectivity index (χ0) is 13.7. The Kier molecular flexibility index (Phi) is 5.00. The number of hydrogen-bond donors (Lipinski definition) is 1. The maximum absolute atomic E-state index is 6.21. The second-order valence-corrected chi connectivity index (χ2v) is 5.36. The monoisotopic (exact) mass is 273 g/mol. The lowest BCUT2D eigenvalue weighted by Crippen LogP contribution is -2.17. The molecule has 0 aliphatic carbocycles. The molecule has 2 heteroatoms. The molecule has 0 saturated carbocycles. The Labute approximate surface area is 120 Å². The summed E-state index contributed by atoms with van der Waals surface area (Å²) in [5.74, 6) is 0.